The first-order chi connectivity index (χ1) is 9.97. The fourth-order valence-corrected chi connectivity index (χ4v) is 3.25. The van der Waals surface area contributed by atoms with Gasteiger partial charge in [0.1, 0.15) is 5.54 Å². The molecule has 0 bridgehead atoms. The van der Waals surface area contributed by atoms with E-state index in [2.05, 4.69) is 33.1 Å². The van der Waals surface area contributed by atoms with Crippen LogP contribution in [0.4, 0.5) is 5.69 Å². The quantitative estimate of drug-likeness (QED) is 0.839. The molecule has 2 N–H and O–H groups in total. The van der Waals surface area contributed by atoms with Crippen LogP contribution >= 0.6 is 27.5 Å². The third-order valence-corrected chi connectivity index (χ3v) is 5.31. The molecule has 0 aromatic heterocycles. The Labute approximate surface area is 138 Å². The van der Waals surface area contributed by atoms with Crippen molar-refractivity contribution in [1.29, 1.82) is 0 Å². The van der Waals surface area contributed by atoms with Crippen LogP contribution in [-0.4, -0.2) is 41.1 Å². The summed E-state index contributed by atoms with van der Waals surface area (Å²) in [7, 11) is 0. The minimum Gasteiger partial charge on any atom is -0.480 e. The third-order valence-electron chi connectivity index (χ3n) is 4.09. The van der Waals surface area contributed by atoms with E-state index in [0.29, 0.717) is 17.9 Å². The van der Waals surface area contributed by atoms with Crippen molar-refractivity contribution in [3.63, 3.8) is 0 Å². The van der Waals surface area contributed by atoms with Crippen molar-refractivity contribution < 1.29 is 9.90 Å². The average molecular weight is 376 g/mol. The van der Waals surface area contributed by atoms with Gasteiger partial charge < -0.3 is 15.3 Å². The number of rotatable bonds is 4. The molecule has 1 atom stereocenters. The van der Waals surface area contributed by atoms with Crippen molar-refractivity contribution in [2.75, 3.05) is 25.0 Å². The van der Waals surface area contributed by atoms with Crippen molar-refractivity contribution in [1.82, 2.24) is 4.90 Å². The van der Waals surface area contributed by atoms with Crippen LogP contribution in [0.2, 0.25) is 5.02 Å². The summed E-state index contributed by atoms with van der Waals surface area (Å²) < 4.78 is 0.763. The number of benzene rings is 1. The first-order valence-electron chi connectivity index (χ1n) is 7.16. The molecular weight excluding hydrogens is 356 g/mol. The largest absolute Gasteiger partial charge is 0.480 e. The van der Waals surface area contributed by atoms with Gasteiger partial charge in [0, 0.05) is 16.7 Å². The standard InChI is InChI=1S/C15H20BrClN2O2/c1-2-19-8-3-6-15(7-9-19,14(20)21)18-11-4-5-13(17)12(16)10-11/h4-5,10,18H,2-3,6-9H2,1H3,(H,20,21). The van der Waals surface area contributed by atoms with E-state index in [0.717, 1.165) is 36.2 Å². The second kappa shape index (κ2) is 6.99. The Morgan fingerprint density at radius 2 is 2.24 bits per heavy atom. The van der Waals surface area contributed by atoms with E-state index in [4.69, 9.17) is 11.6 Å². The van der Waals surface area contributed by atoms with Gasteiger partial charge >= 0.3 is 5.97 Å². The second-order valence-electron chi connectivity index (χ2n) is 5.43. The predicted molar refractivity (Wildman–Crippen MR) is 89.1 cm³/mol. The van der Waals surface area contributed by atoms with Crippen LogP contribution in [-0.2, 0) is 4.79 Å². The molecule has 1 heterocycles. The molecule has 1 aliphatic heterocycles. The third kappa shape index (κ3) is 3.90. The summed E-state index contributed by atoms with van der Waals surface area (Å²) in [5, 5.41) is 13.6. The molecule has 0 amide bonds. The summed E-state index contributed by atoms with van der Waals surface area (Å²) in [5.74, 6) is -0.786. The number of carboxylic acids is 1. The van der Waals surface area contributed by atoms with Gasteiger partial charge in [-0.1, -0.05) is 18.5 Å². The van der Waals surface area contributed by atoms with E-state index in [-0.39, 0.29) is 0 Å². The fourth-order valence-electron chi connectivity index (χ4n) is 2.75. The molecule has 1 saturated heterocycles. The monoisotopic (exact) mass is 374 g/mol. The molecule has 2 rings (SSSR count). The molecule has 4 nitrogen and oxygen atoms in total. The number of likely N-dealkylation sites (tertiary alicyclic amines) is 1. The summed E-state index contributed by atoms with van der Waals surface area (Å²) in [6, 6.07) is 5.41. The van der Waals surface area contributed by atoms with E-state index in [9.17, 15) is 9.90 Å². The Hall–Kier alpha value is -0.780. The summed E-state index contributed by atoms with van der Waals surface area (Å²) in [6.45, 7) is 4.82. The van der Waals surface area contributed by atoms with Gasteiger partial charge in [-0.05, 0) is 66.5 Å². The molecule has 21 heavy (non-hydrogen) atoms. The fraction of sp³-hybridized carbons (Fsp3) is 0.533. The summed E-state index contributed by atoms with van der Waals surface area (Å²) in [6.07, 6.45) is 2.09. The minimum atomic E-state index is -0.906. The minimum absolute atomic E-state index is 0.594. The highest BCUT2D eigenvalue weighted by atomic mass is 79.9. The molecule has 0 aliphatic carbocycles. The van der Waals surface area contributed by atoms with Crippen LogP contribution in [0.3, 0.4) is 0 Å². The van der Waals surface area contributed by atoms with Crippen molar-refractivity contribution in [2.24, 2.45) is 0 Å². The van der Waals surface area contributed by atoms with Gasteiger partial charge in [-0.25, -0.2) is 4.79 Å². The number of nitrogens with zero attached hydrogens (tertiary/aromatic N) is 1. The number of carboxylic acid groups (broad SMARTS) is 1. The number of hydrogen-bond acceptors (Lipinski definition) is 3. The van der Waals surface area contributed by atoms with Crippen molar-refractivity contribution in [2.45, 2.75) is 31.7 Å². The number of halogens is 2. The van der Waals surface area contributed by atoms with Gasteiger partial charge in [0.2, 0.25) is 0 Å². The zero-order valence-electron chi connectivity index (χ0n) is 12.0. The zero-order chi connectivity index (χ0) is 15.5. The van der Waals surface area contributed by atoms with Crippen molar-refractivity contribution in [3.8, 4) is 0 Å². The highest BCUT2D eigenvalue weighted by Gasteiger charge is 2.39. The highest BCUT2D eigenvalue weighted by Crippen LogP contribution is 2.31. The zero-order valence-corrected chi connectivity index (χ0v) is 14.4. The first-order valence-corrected chi connectivity index (χ1v) is 8.33. The predicted octanol–water partition coefficient (Wildman–Crippen LogP) is 3.84. The molecule has 1 aromatic carbocycles. The summed E-state index contributed by atoms with van der Waals surface area (Å²) in [4.78, 5) is 14.2. The number of anilines is 1. The maximum absolute atomic E-state index is 11.9. The average Bonchev–Trinajstić information content (AvgIpc) is 2.66. The second-order valence-corrected chi connectivity index (χ2v) is 6.69. The van der Waals surface area contributed by atoms with Gasteiger partial charge in [-0.15, -0.1) is 0 Å². The highest BCUT2D eigenvalue weighted by molar-refractivity contribution is 9.10. The van der Waals surface area contributed by atoms with Crippen LogP contribution in [0.15, 0.2) is 22.7 Å². The van der Waals surface area contributed by atoms with E-state index in [1.807, 2.05) is 12.1 Å². The van der Waals surface area contributed by atoms with Gasteiger partial charge in [0.05, 0.1) is 5.02 Å². The first kappa shape index (κ1) is 16.6. The molecule has 0 saturated carbocycles. The lowest BCUT2D eigenvalue weighted by Gasteiger charge is -2.30. The maximum atomic E-state index is 11.9. The summed E-state index contributed by atoms with van der Waals surface area (Å²) >= 11 is 9.36. The van der Waals surface area contributed by atoms with E-state index >= 15 is 0 Å². The lowest BCUT2D eigenvalue weighted by Crippen LogP contribution is -2.47. The molecule has 116 valence electrons. The molecule has 0 spiro atoms. The van der Waals surface area contributed by atoms with Crippen molar-refractivity contribution >= 4 is 39.2 Å². The Kier molecular flexibility index (Phi) is 5.52. The maximum Gasteiger partial charge on any atom is 0.329 e. The SMILES string of the molecule is CCN1CCCC(Nc2ccc(Cl)c(Br)c2)(C(=O)O)CC1. The Balaban J connectivity index is 2.21. The number of aliphatic carboxylic acids is 1. The lowest BCUT2D eigenvalue weighted by molar-refractivity contribution is -0.142. The molecular formula is C15H20BrClN2O2. The van der Waals surface area contributed by atoms with E-state index in [1.54, 1.807) is 6.07 Å². The molecule has 1 aromatic rings. The summed E-state index contributed by atoms with van der Waals surface area (Å²) in [5.41, 5.74) is -0.129. The normalized spacial score (nSPS) is 23.6. The van der Waals surface area contributed by atoms with E-state index in [1.165, 1.54) is 0 Å². The van der Waals surface area contributed by atoms with Crippen LogP contribution in [0.5, 0.6) is 0 Å². The van der Waals surface area contributed by atoms with Crippen LogP contribution in [0.1, 0.15) is 26.2 Å². The van der Waals surface area contributed by atoms with Crippen LogP contribution in [0.25, 0.3) is 0 Å². The number of hydrogen-bond donors (Lipinski definition) is 2. The number of carbonyl (C=O) groups is 1. The molecule has 0 radical (unpaired) electrons. The molecule has 6 heteroatoms. The van der Waals surface area contributed by atoms with Gasteiger partial charge in [-0.2, -0.15) is 0 Å². The number of nitrogens with one attached hydrogen (secondary N) is 1. The Morgan fingerprint density at radius 3 is 2.86 bits per heavy atom. The Bertz CT molecular complexity index is 526. The lowest BCUT2D eigenvalue weighted by atomic mass is 9.90. The van der Waals surface area contributed by atoms with Crippen LogP contribution < -0.4 is 5.32 Å². The molecule has 1 aliphatic rings. The van der Waals surface area contributed by atoms with Gasteiger partial charge in [0.25, 0.3) is 0 Å². The van der Waals surface area contributed by atoms with Crippen molar-refractivity contribution in [3.05, 3.63) is 27.7 Å². The molecule has 1 unspecified atom stereocenters. The Morgan fingerprint density at radius 1 is 1.48 bits per heavy atom. The smallest absolute Gasteiger partial charge is 0.329 e. The van der Waals surface area contributed by atoms with Gasteiger partial charge in [-0.3, -0.25) is 0 Å². The topological polar surface area (TPSA) is 52.6 Å². The molecule has 1 fully saturated rings. The van der Waals surface area contributed by atoms with E-state index < -0.39 is 11.5 Å². The van der Waals surface area contributed by atoms with Crippen LogP contribution in [0, 0.1) is 0 Å². The van der Waals surface area contributed by atoms with Gasteiger partial charge in [0.15, 0.2) is 0 Å².